The van der Waals surface area contributed by atoms with Gasteiger partial charge in [0.1, 0.15) is 11.9 Å². The number of phenolic OH excluding ortho intramolecular Hbond substituents is 1. The van der Waals surface area contributed by atoms with Crippen molar-refractivity contribution in [3.63, 3.8) is 0 Å². The van der Waals surface area contributed by atoms with Gasteiger partial charge in [-0.3, -0.25) is 0 Å². The predicted molar refractivity (Wildman–Crippen MR) is 52.2 cm³/mol. The van der Waals surface area contributed by atoms with E-state index in [1.165, 1.54) is 0 Å². The fourth-order valence-corrected chi connectivity index (χ4v) is 2.07. The summed E-state index contributed by atoms with van der Waals surface area (Å²) in [5.41, 5.74) is 1.82. The van der Waals surface area contributed by atoms with Crippen LogP contribution in [0.3, 0.4) is 0 Å². The molecule has 0 fully saturated rings. The summed E-state index contributed by atoms with van der Waals surface area (Å²) in [7, 11) is 1.58. The first-order chi connectivity index (χ1) is 6.74. The number of methoxy groups -OCH3 is 1. The zero-order valence-corrected chi connectivity index (χ0v) is 8.10. The van der Waals surface area contributed by atoms with Crippen molar-refractivity contribution in [3.8, 4) is 5.75 Å². The molecule has 0 amide bonds. The largest absolute Gasteiger partial charge is 0.508 e. The van der Waals surface area contributed by atoms with Crippen molar-refractivity contribution in [1.29, 1.82) is 0 Å². The van der Waals surface area contributed by atoms with E-state index in [9.17, 15) is 10.2 Å². The maximum absolute atomic E-state index is 9.70. The lowest BCUT2D eigenvalue weighted by Gasteiger charge is -2.29. The molecule has 1 aromatic carbocycles. The number of hydrogen-bond donors (Lipinski definition) is 2. The molecule has 0 aromatic heterocycles. The molecule has 3 heteroatoms. The molecule has 1 aliphatic carbocycles. The van der Waals surface area contributed by atoms with Crippen molar-refractivity contribution < 1.29 is 14.9 Å². The molecule has 0 saturated heterocycles. The van der Waals surface area contributed by atoms with E-state index in [4.69, 9.17) is 4.74 Å². The lowest BCUT2D eigenvalue weighted by atomic mass is 9.87. The summed E-state index contributed by atoms with van der Waals surface area (Å²) in [6.07, 6.45) is 0.590. The maximum Gasteiger partial charge on any atom is 0.119 e. The van der Waals surface area contributed by atoms with Crippen LogP contribution in [-0.4, -0.2) is 23.4 Å². The topological polar surface area (TPSA) is 49.7 Å². The number of phenols is 1. The number of benzene rings is 1. The number of fused-ring (bicyclic) bond motifs is 1. The Bertz CT molecular complexity index is 335. The molecule has 2 rings (SSSR count). The van der Waals surface area contributed by atoms with Crippen LogP contribution in [0.2, 0.25) is 0 Å². The summed E-state index contributed by atoms with van der Waals surface area (Å²) in [4.78, 5) is 0. The second-order valence-corrected chi connectivity index (χ2v) is 3.61. The van der Waals surface area contributed by atoms with E-state index in [0.717, 1.165) is 11.1 Å². The lowest BCUT2D eigenvalue weighted by Crippen LogP contribution is -2.26. The monoisotopic (exact) mass is 194 g/mol. The third-order valence-corrected chi connectivity index (χ3v) is 2.79. The number of hydrogen-bond acceptors (Lipinski definition) is 3. The zero-order valence-electron chi connectivity index (χ0n) is 8.10. The van der Waals surface area contributed by atoms with Gasteiger partial charge in [0.25, 0.3) is 0 Å². The summed E-state index contributed by atoms with van der Waals surface area (Å²) in [6.45, 7) is 0. The van der Waals surface area contributed by atoms with Gasteiger partial charge in [-0.1, -0.05) is 12.1 Å². The van der Waals surface area contributed by atoms with E-state index >= 15 is 0 Å². The Morgan fingerprint density at radius 2 is 2.21 bits per heavy atom. The lowest BCUT2D eigenvalue weighted by molar-refractivity contribution is -0.0236. The quantitative estimate of drug-likeness (QED) is 0.710. The molecule has 14 heavy (non-hydrogen) atoms. The van der Waals surface area contributed by atoms with Gasteiger partial charge < -0.3 is 14.9 Å². The first kappa shape index (κ1) is 9.49. The van der Waals surface area contributed by atoms with Crippen LogP contribution >= 0.6 is 0 Å². The van der Waals surface area contributed by atoms with Gasteiger partial charge >= 0.3 is 0 Å². The van der Waals surface area contributed by atoms with Crippen molar-refractivity contribution in [2.75, 3.05) is 7.11 Å². The van der Waals surface area contributed by atoms with Crippen LogP contribution in [0.15, 0.2) is 18.2 Å². The maximum atomic E-state index is 9.70. The molecular weight excluding hydrogens is 180 g/mol. The fraction of sp³-hybridized carbons (Fsp3) is 0.455. The molecule has 2 unspecified atom stereocenters. The molecule has 2 atom stereocenters. The Morgan fingerprint density at radius 1 is 1.43 bits per heavy atom. The van der Waals surface area contributed by atoms with E-state index < -0.39 is 6.10 Å². The highest BCUT2D eigenvalue weighted by molar-refractivity contribution is 5.42. The molecule has 1 aromatic rings. The van der Waals surface area contributed by atoms with Crippen molar-refractivity contribution >= 4 is 0 Å². The summed E-state index contributed by atoms with van der Waals surface area (Å²) in [6, 6.07) is 5.34. The molecule has 76 valence electrons. The smallest absolute Gasteiger partial charge is 0.119 e. The third-order valence-electron chi connectivity index (χ3n) is 2.79. The van der Waals surface area contributed by atoms with Crippen LogP contribution in [0, 0.1) is 0 Å². The second kappa shape index (κ2) is 3.59. The molecule has 3 nitrogen and oxygen atoms in total. The predicted octanol–water partition coefficient (Wildman–Crippen LogP) is 1.39. The van der Waals surface area contributed by atoms with Crippen molar-refractivity contribution in [3.05, 3.63) is 29.3 Å². The summed E-state index contributed by atoms with van der Waals surface area (Å²) < 4.78 is 5.22. The van der Waals surface area contributed by atoms with Gasteiger partial charge in [-0.05, 0) is 30.0 Å². The van der Waals surface area contributed by atoms with Gasteiger partial charge in [0.05, 0.1) is 6.10 Å². The normalized spacial score (nSPS) is 25.9. The van der Waals surface area contributed by atoms with Crippen LogP contribution in [0.25, 0.3) is 0 Å². The van der Waals surface area contributed by atoms with E-state index in [-0.39, 0.29) is 6.10 Å². The van der Waals surface area contributed by atoms with Gasteiger partial charge in [0.2, 0.25) is 0 Å². The van der Waals surface area contributed by atoms with Crippen molar-refractivity contribution in [2.24, 2.45) is 0 Å². The highest BCUT2D eigenvalue weighted by Gasteiger charge is 2.29. The summed E-state index contributed by atoms with van der Waals surface area (Å²) in [5.74, 6) is 0.302. The Kier molecular flexibility index (Phi) is 2.44. The molecule has 2 N–H and O–H groups in total. The van der Waals surface area contributed by atoms with Gasteiger partial charge in [-0.2, -0.15) is 0 Å². The Hall–Kier alpha value is -1.06. The van der Waals surface area contributed by atoms with Crippen LogP contribution in [0.5, 0.6) is 5.75 Å². The third kappa shape index (κ3) is 1.38. The first-order valence-corrected chi connectivity index (χ1v) is 4.75. The molecule has 0 saturated carbocycles. The van der Waals surface area contributed by atoms with E-state index in [2.05, 4.69) is 0 Å². The summed E-state index contributed by atoms with van der Waals surface area (Å²) >= 11 is 0. The molecule has 0 bridgehead atoms. The Morgan fingerprint density at radius 3 is 2.93 bits per heavy atom. The van der Waals surface area contributed by atoms with Crippen LogP contribution in [0.4, 0.5) is 0 Å². The van der Waals surface area contributed by atoms with Crippen molar-refractivity contribution in [2.45, 2.75) is 25.0 Å². The van der Waals surface area contributed by atoms with Crippen LogP contribution in [-0.2, 0) is 11.2 Å². The van der Waals surface area contributed by atoms with Gasteiger partial charge in [-0.25, -0.2) is 0 Å². The van der Waals surface area contributed by atoms with Crippen molar-refractivity contribution in [1.82, 2.24) is 0 Å². The molecule has 0 heterocycles. The zero-order chi connectivity index (χ0) is 10.1. The van der Waals surface area contributed by atoms with Crippen LogP contribution < -0.4 is 0 Å². The van der Waals surface area contributed by atoms with E-state index in [1.807, 2.05) is 6.07 Å². The number of aromatic hydroxyl groups is 1. The molecular formula is C11H14O3. The Balaban J connectivity index is 2.46. The highest BCUT2D eigenvalue weighted by atomic mass is 16.5. The minimum Gasteiger partial charge on any atom is -0.508 e. The standard InChI is InChI=1S/C11H14O3/c1-14-11-8-3-2-4-9(12)7(8)5-6-10(11)13/h2-4,10-13H,5-6H2,1H3. The number of ether oxygens (including phenoxy) is 1. The Labute approximate surface area is 83.0 Å². The molecule has 1 aliphatic rings. The van der Waals surface area contributed by atoms with Gasteiger partial charge in [0, 0.05) is 7.11 Å². The molecule has 0 spiro atoms. The minimum atomic E-state index is -0.464. The number of rotatable bonds is 1. The first-order valence-electron chi connectivity index (χ1n) is 4.75. The van der Waals surface area contributed by atoms with Crippen LogP contribution in [0.1, 0.15) is 23.7 Å². The second-order valence-electron chi connectivity index (χ2n) is 3.61. The average molecular weight is 194 g/mol. The minimum absolute atomic E-state index is 0.300. The summed E-state index contributed by atoms with van der Waals surface area (Å²) in [5, 5.41) is 19.3. The van der Waals surface area contributed by atoms with Gasteiger partial charge in [-0.15, -0.1) is 0 Å². The molecule has 0 aliphatic heterocycles. The average Bonchev–Trinajstić information content (AvgIpc) is 2.18. The number of aliphatic hydroxyl groups is 1. The highest BCUT2D eigenvalue weighted by Crippen LogP contribution is 2.36. The van der Waals surface area contributed by atoms with E-state index in [1.54, 1.807) is 19.2 Å². The van der Waals surface area contributed by atoms with E-state index in [0.29, 0.717) is 18.6 Å². The fourth-order valence-electron chi connectivity index (χ4n) is 2.07. The van der Waals surface area contributed by atoms with Gasteiger partial charge in [0.15, 0.2) is 0 Å². The molecule has 0 radical (unpaired) electrons. The SMILES string of the molecule is COC1c2cccc(O)c2CCC1O. The number of aliphatic hydroxyl groups excluding tert-OH is 1.